The van der Waals surface area contributed by atoms with Crippen LogP contribution >= 0.6 is 0 Å². The van der Waals surface area contributed by atoms with Crippen LogP contribution in [0.4, 0.5) is 0 Å². The minimum atomic E-state index is 1.09. The molecule has 135 valence electrons. The van der Waals surface area contributed by atoms with Crippen LogP contribution in [0.25, 0.3) is 0 Å². The van der Waals surface area contributed by atoms with Gasteiger partial charge < -0.3 is 0 Å². The molecule has 0 aliphatic rings. The van der Waals surface area contributed by atoms with E-state index in [0.29, 0.717) is 0 Å². The molecular formula is C24H39. The van der Waals surface area contributed by atoms with Crippen LogP contribution in [0.15, 0.2) is 36.4 Å². The highest BCUT2D eigenvalue weighted by Gasteiger charge is 1.95. The predicted molar refractivity (Wildman–Crippen MR) is 108 cm³/mol. The second kappa shape index (κ2) is 16.8. The summed E-state index contributed by atoms with van der Waals surface area (Å²) >= 11 is 0. The van der Waals surface area contributed by atoms with E-state index in [2.05, 4.69) is 30.3 Å². The van der Waals surface area contributed by atoms with Gasteiger partial charge in [0, 0.05) is 0 Å². The molecule has 24 heavy (non-hydrogen) atoms. The molecule has 0 heterocycles. The Morgan fingerprint density at radius 1 is 0.542 bits per heavy atom. The van der Waals surface area contributed by atoms with Crippen molar-refractivity contribution >= 4 is 0 Å². The maximum atomic E-state index is 5.38. The molecule has 1 aromatic carbocycles. The van der Waals surface area contributed by atoms with Gasteiger partial charge in [0.2, 0.25) is 0 Å². The molecule has 1 radical (unpaired) electrons. The molecular weight excluding hydrogens is 288 g/mol. The lowest BCUT2D eigenvalue weighted by atomic mass is 10.0. The zero-order valence-electron chi connectivity index (χ0n) is 15.9. The highest BCUT2D eigenvalue weighted by Crippen LogP contribution is 2.14. The van der Waals surface area contributed by atoms with Crippen LogP contribution < -0.4 is 0 Å². The average molecular weight is 328 g/mol. The Balaban J connectivity index is 1.71. The largest absolute Gasteiger partial charge is 0.0845 e. The van der Waals surface area contributed by atoms with Crippen molar-refractivity contribution in [3.63, 3.8) is 0 Å². The van der Waals surface area contributed by atoms with E-state index >= 15 is 0 Å². The highest BCUT2D eigenvalue weighted by atomic mass is 14.0. The lowest BCUT2D eigenvalue weighted by Crippen LogP contribution is -1.86. The maximum absolute atomic E-state index is 5.38. The molecule has 0 spiro atoms. The molecule has 0 bridgehead atoms. The van der Waals surface area contributed by atoms with E-state index in [1.807, 2.05) is 0 Å². The van der Waals surface area contributed by atoms with Crippen molar-refractivity contribution in [2.75, 3.05) is 0 Å². The van der Waals surface area contributed by atoms with Gasteiger partial charge in [-0.05, 0) is 31.2 Å². The second-order valence-electron chi connectivity index (χ2n) is 7.21. The second-order valence-corrected chi connectivity index (χ2v) is 7.21. The van der Waals surface area contributed by atoms with E-state index in [0.717, 1.165) is 6.42 Å². The first-order valence-corrected chi connectivity index (χ1v) is 10.5. The first kappa shape index (κ1) is 21.0. The molecule has 1 rings (SSSR count). The number of benzene rings is 1. The first-order chi connectivity index (χ1) is 11.9. The fraction of sp³-hybridized carbons (Fsp3) is 0.667. The van der Waals surface area contributed by atoms with Crippen molar-refractivity contribution in [2.24, 2.45) is 0 Å². The zero-order valence-corrected chi connectivity index (χ0v) is 15.9. The van der Waals surface area contributed by atoms with Crippen LogP contribution in [-0.2, 0) is 6.42 Å². The molecule has 1 aromatic rings. The fourth-order valence-electron chi connectivity index (χ4n) is 3.36. The smallest absolute Gasteiger partial charge is 0.0279 e. The Morgan fingerprint density at radius 3 is 1.42 bits per heavy atom. The third kappa shape index (κ3) is 13.4. The molecule has 0 unspecified atom stereocenters. The van der Waals surface area contributed by atoms with E-state index in [9.17, 15) is 0 Å². The van der Waals surface area contributed by atoms with Crippen LogP contribution in [0.5, 0.6) is 0 Å². The third-order valence-electron chi connectivity index (χ3n) is 4.93. The topological polar surface area (TPSA) is 0 Å². The van der Waals surface area contributed by atoms with Gasteiger partial charge in [0.05, 0.1) is 0 Å². The number of hydrogen-bond acceptors (Lipinski definition) is 0. The SMILES string of the molecule is [CH]=CCCCCCCCCCCCCCCCCc1ccccc1. The van der Waals surface area contributed by atoms with Gasteiger partial charge in [0.25, 0.3) is 0 Å². The lowest BCUT2D eigenvalue weighted by molar-refractivity contribution is 0.533. The van der Waals surface area contributed by atoms with Crippen molar-refractivity contribution in [3.05, 3.63) is 48.6 Å². The molecule has 0 aliphatic heterocycles. The van der Waals surface area contributed by atoms with Crippen LogP contribution in [0.1, 0.15) is 102 Å². The number of unbranched alkanes of at least 4 members (excludes halogenated alkanes) is 14. The summed E-state index contributed by atoms with van der Waals surface area (Å²) in [4.78, 5) is 0. The van der Waals surface area contributed by atoms with Crippen molar-refractivity contribution < 1.29 is 0 Å². The number of aryl methyl sites for hydroxylation is 1. The zero-order chi connectivity index (χ0) is 17.1. The number of rotatable bonds is 17. The van der Waals surface area contributed by atoms with Crippen LogP contribution in [0.3, 0.4) is 0 Å². The van der Waals surface area contributed by atoms with Crippen molar-refractivity contribution in [1.82, 2.24) is 0 Å². The Labute approximate surface area is 151 Å². The summed E-state index contributed by atoms with van der Waals surface area (Å²) in [5, 5.41) is 0. The Kier molecular flexibility index (Phi) is 14.7. The first-order valence-electron chi connectivity index (χ1n) is 10.5. The minimum absolute atomic E-state index is 1.09. The maximum Gasteiger partial charge on any atom is -0.0279 e. The van der Waals surface area contributed by atoms with Gasteiger partial charge in [-0.2, -0.15) is 0 Å². The van der Waals surface area contributed by atoms with Crippen LogP contribution in [0, 0.1) is 6.58 Å². The monoisotopic (exact) mass is 327 g/mol. The Hall–Kier alpha value is -1.04. The molecule has 0 N–H and O–H groups in total. The highest BCUT2D eigenvalue weighted by molar-refractivity contribution is 5.14. The summed E-state index contributed by atoms with van der Waals surface area (Å²) in [5.74, 6) is 0. The van der Waals surface area contributed by atoms with E-state index in [1.165, 1.54) is 102 Å². The van der Waals surface area contributed by atoms with Gasteiger partial charge in [0.1, 0.15) is 0 Å². The number of allylic oxidation sites excluding steroid dienone is 1. The molecule has 0 atom stereocenters. The van der Waals surface area contributed by atoms with Crippen LogP contribution in [0.2, 0.25) is 0 Å². The van der Waals surface area contributed by atoms with Gasteiger partial charge in [-0.1, -0.05) is 120 Å². The van der Waals surface area contributed by atoms with Gasteiger partial charge in [-0.15, -0.1) is 0 Å². The molecule has 0 aromatic heterocycles. The van der Waals surface area contributed by atoms with E-state index in [-0.39, 0.29) is 0 Å². The predicted octanol–water partition coefficient (Wildman–Crippen LogP) is 8.07. The van der Waals surface area contributed by atoms with Crippen molar-refractivity contribution in [1.29, 1.82) is 0 Å². The van der Waals surface area contributed by atoms with Crippen molar-refractivity contribution in [2.45, 2.75) is 103 Å². The molecule has 0 heteroatoms. The number of hydrogen-bond donors (Lipinski definition) is 0. The van der Waals surface area contributed by atoms with E-state index in [1.54, 1.807) is 6.08 Å². The molecule has 0 nitrogen and oxygen atoms in total. The lowest BCUT2D eigenvalue weighted by Gasteiger charge is -2.04. The summed E-state index contributed by atoms with van der Waals surface area (Å²) in [6, 6.07) is 10.9. The summed E-state index contributed by atoms with van der Waals surface area (Å²) in [7, 11) is 0. The minimum Gasteiger partial charge on any atom is -0.0845 e. The van der Waals surface area contributed by atoms with Crippen LogP contribution in [-0.4, -0.2) is 0 Å². The quantitative estimate of drug-likeness (QED) is 0.254. The molecule has 0 saturated carbocycles. The van der Waals surface area contributed by atoms with Gasteiger partial charge in [-0.25, -0.2) is 0 Å². The summed E-state index contributed by atoms with van der Waals surface area (Å²) in [5.41, 5.74) is 1.50. The molecule has 0 saturated heterocycles. The van der Waals surface area contributed by atoms with Crippen molar-refractivity contribution in [3.8, 4) is 0 Å². The fourth-order valence-corrected chi connectivity index (χ4v) is 3.36. The van der Waals surface area contributed by atoms with Gasteiger partial charge in [0.15, 0.2) is 0 Å². The molecule has 0 amide bonds. The summed E-state index contributed by atoms with van der Waals surface area (Å²) in [6.45, 7) is 5.38. The summed E-state index contributed by atoms with van der Waals surface area (Å²) in [6.07, 6.45) is 23.9. The van der Waals surface area contributed by atoms with E-state index < -0.39 is 0 Å². The normalized spacial score (nSPS) is 10.8. The average Bonchev–Trinajstić information content (AvgIpc) is 2.62. The van der Waals surface area contributed by atoms with Gasteiger partial charge in [-0.3, -0.25) is 0 Å². The third-order valence-corrected chi connectivity index (χ3v) is 4.93. The molecule has 0 aliphatic carbocycles. The molecule has 0 fully saturated rings. The Bertz CT molecular complexity index is 365. The van der Waals surface area contributed by atoms with E-state index in [4.69, 9.17) is 6.58 Å². The standard InChI is InChI=1S/C24H39/c1-2-3-4-5-6-7-8-9-10-11-12-13-14-15-16-18-21-24-22-19-17-20-23-24/h1-2,17,19-20,22-23H,3-16,18,21H2. The Morgan fingerprint density at radius 2 is 0.958 bits per heavy atom. The van der Waals surface area contributed by atoms with Gasteiger partial charge >= 0.3 is 0 Å². The summed E-state index contributed by atoms with van der Waals surface area (Å²) < 4.78 is 0.